The number of nitrogens with one attached hydrogen (secondary N) is 1. The van der Waals surface area contributed by atoms with E-state index in [0.717, 1.165) is 31.9 Å². The van der Waals surface area contributed by atoms with Crippen molar-refractivity contribution in [1.82, 2.24) is 14.9 Å². The van der Waals surface area contributed by atoms with E-state index in [4.69, 9.17) is 9.47 Å². The molecular formula is C15H26N4O2. The molecular weight excluding hydrogens is 268 g/mol. The lowest BCUT2D eigenvalue weighted by atomic mass is 10.2. The minimum absolute atomic E-state index is 0.104. The van der Waals surface area contributed by atoms with Gasteiger partial charge in [0.2, 0.25) is 11.8 Å². The van der Waals surface area contributed by atoms with Gasteiger partial charge < -0.3 is 14.8 Å². The maximum Gasteiger partial charge on any atom is 0.226 e. The van der Waals surface area contributed by atoms with Crippen LogP contribution >= 0.6 is 0 Å². The topological polar surface area (TPSA) is 59.5 Å². The van der Waals surface area contributed by atoms with Crippen molar-refractivity contribution in [3.8, 4) is 5.88 Å². The Bertz CT molecular complexity index is 453. The lowest BCUT2D eigenvalue weighted by Crippen LogP contribution is -2.45. The molecule has 6 heteroatoms. The molecule has 118 valence electrons. The summed E-state index contributed by atoms with van der Waals surface area (Å²) in [6, 6.07) is 1.85. The van der Waals surface area contributed by atoms with Crippen molar-refractivity contribution in [1.29, 1.82) is 0 Å². The van der Waals surface area contributed by atoms with E-state index in [1.807, 2.05) is 26.8 Å². The number of ether oxygens (including phenoxy) is 2. The molecule has 1 unspecified atom stereocenters. The third-order valence-electron chi connectivity index (χ3n) is 3.35. The normalized spacial score (nSPS) is 19.8. The molecule has 1 aromatic heterocycles. The number of aryl methyl sites for hydroxylation is 1. The summed E-state index contributed by atoms with van der Waals surface area (Å²) in [5.74, 6) is 1.21. The minimum Gasteiger partial charge on any atom is -0.475 e. The Kier molecular flexibility index (Phi) is 5.76. The van der Waals surface area contributed by atoms with Crippen LogP contribution in [0.25, 0.3) is 0 Å². The zero-order valence-electron chi connectivity index (χ0n) is 13.4. The molecule has 1 atom stereocenters. The van der Waals surface area contributed by atoms with Crippen LogP contribution in [0.5, 0.6) is 5.88 Å². The van der Waals surface area contributed by atoms with Crippen LogP contribution in [-0.4, -0.2) is 59.9 Å². The van der Waals surface area contributed by atoms with E-state index in [1.54, 1.807) is 0 Å². The molecule has 21 heavy (non-hydrogen) atoms. The Morgan fingerprint density at radius 3 is 3.00 bits per heavy atom. The van der Waals surface area contributed by atoms with Gasteiger partial charge in [-0.2, -0.15) is 4.98 Å². The van der Waals surface area contributed by atoms with Gasteiger partial charge in [0.15, 0.2) is 0 Å². The highest BCUT2D eigenvalue weighted by molar-refractivity contribution is 5.30. The Balaban J connectivity index is 1.91. The van der Waals surface area contributed by atoms with Crippen LogP contribution in [-0.2, 0) is 4.74 Å². The predicted molar refractivity (Wildman–Crippen MR) is 82.9 cm³/mol. The van der Waals surface area contributed by atoms with Crippen LogP contribution in [0.4, 0.5) is 5.95 Å². The van der Waals surface area contributed by atoms with E-state index < -0.39 is 0 Å². The molecule has 1 aromatic rings. The molecule has 0 aliphatic carbocycles. The molecule has 2 heterocycles. The second kappa shape index (κ2) is 7.56. The van der Waals surface area contributed by atoms with Crippen LogP contribution in [0.2, 0.25) is 0 Å². The third kappa shape index (κ3) is 5.13. The molecule has 1 N–H and O–H groups in total. The van der Waals surface area contributed by atoms with Crippen molar-refractivity contribution in [2.24, 2.45) is 0 Å². The summed E-state index contributed by atoms with van der Waals surface area (Å²) in [6.07, 6.45) is 0.282. The van der Waals surface area contributed by atoms with Crippen molar-refractivity contribution >= 4 is 5.95 Å². The molecule has 1 fully saturated rings. The number of hydrogen-bond acceptors (Lipinski definition) is 6. The van der Waals surface area contributed by atoms with Crippen molar-refractivity contribution in [2.45, 2.75) is 39.9 Å². The Hall–Kier alpha value is -1.40. The molecule has 1 aliphatic rings. The van der Waals surface area contributed by atoms with Crippen molar-refractivity contribution < 1.29 is 9.47 Å². The van der Waals surface area contributed by atoms with E-state index >= 15 is 0 Å². The van der Waals surface area contributed by atoms with Crippen molar-refractivity contribution in [3.05, 3.63) is 11.8 Å². The van der Waals surface area contributed by atoms with Crippen LogP contribution in [0.3, 0.4) is 0 Å². The van der Waals surface area contributed by atoms with Gasteiger partial charge in [-0.15, -0.1) is 0 Å². The fourth-order valence-electron chi connectivity index (χ4n) is 2.32. The molecule has 2 rings (SSSR count). The molecule has 0 saturated carbocycles. The van der Waals surface area contributed by atoms with Gasteiger partial charge in [-0.1, -0.05) is 6.92 Å². The van der Waals surface area contributed by atoms with Crippen LogP contribution in [0.1, 0.15) is 26.5 Å². The fourth-order valence-corrected chi connectivity index (χ4v) is 2.32. The van der Waals surface area contributed by atoms with Crippen LogP contribution < -0.4 is 10.1 Å². The van der Waals surface area contributed by atoms with E-state index in [9.17, 15) is 0 Å². The monoisotopic (exact) mass is 294 g/mol. The van der Waals surface area contributed by atoms with E-state index in [2.05, 4.69) is 27.1 Å². The number of likely N-dealkylation sites (N-methyl/N-ethyl adjacent to an activating group) is 1. The van der Waals surface area contributed by atoms with Gasteiger partial charge >= 0.3 is 0 Å². The number of nitrogens with zero attached hydrogens (tertiary/aromatic N) is 3. The summed E-state index contributed by atoms with van der Waals surface area (Å²) in [4.78, 5) is 11.2. The smallest absolute Gasteiger partial charge is 0.226 e. The highest BCUT2D eigenvalue weighted by Crippen LogP contribution is 2.14. The molecule has 0 amide bonds. The maximum atomic E-state index is 5.77. The average Bonchev–Trinajstić information content (AvgIpc) is 2.44. The number of aromatic nitrogens is 2. The highest BCUT2D eigenvalue weighted by Gasteiger charge is 2.19. The molecule has 6 nitrogen and oxygen atoms in total. The van der Waals surface area contributed by atoms with Crippen LogP contribution in [0.15, 0.2) is 6.07 Å². The van der Waals surface area contributed by atoms with Gasteiger partial charge in [0.05, 0.1) is 18.8 Å². The molecule has 1 aliphatic heterocycles. The first kappa shape index (κ1) is 16.0. The second-order valence-electron chi connectivity index (χ2n) is 5.60. The number of rotatable bonds is 6. The van der Waals surface area contributed by atoms with E-state index in [1.165, 1.54) is 0 Å². The SMILES string of the molecule is CCN1CCOC(CNc2nc(C)cc(OC(C)C)n2)C1. The largest absolute Gasteiger partial charge is 0.475 e. The van der Waals surface area contributed by atoms with E-state index in [0.29, 0.717) is 18.4 Å². The predicted octanol–water partition coefficient (Wildman–Crippen LogP) is 1.70. The fraction of sp³-hybridized carbons (Fsp3) is 0.733. The van der Waals surface area contributed by atoms with Gasteiger partial charge in [0.25, 0.3) is 0 Å². The first-order valence-corrected chi connectivity index (χ1v) is 7.67. The molecule has 0 bridgehead atoms. The average molecular weight is 294 g/mol. The van der Waals surface area contributed by atoms with E-state index in [-0.39, 0.29) is 12.2 Å². The number of hydrogen-bond donors (Lipinski definition) is 1. The summed E-state index contributed by atoms with van der Waals surface area (Å²) >= 11 is 0. The van der Waals surface area contributed by atoms with Gasteiger partial charge in [0, 0.05) is 31.4 Å². The Morgan fingerprint density at radius 2 is 2.29 bits per heavy atom. The summed E-state index contributed by atoms with van der Waals surface area (Å²) in [5, 5.41) is 3.26. The minimum atomic E-state index is 0.104. The summed E-state index contributed by atoms with van der Waals surface area (Å²) in [7, 11) is 0. The maximum absolute atomic E-state index is 5.77. The van der Waals surface area contributed by atoms with Crippen molar-refractivity contribution in [2.75, 3.05) is 38.1 Å². The van der Waals surface area contributed by atoms with Gasteiger partial charge in [-0.25, -0.2) is 4.98 Å². The Labute approximate surface area is 126 Å². The van der Waals surface area contributed by atoms with Gasteiger partial charge in [-0.05, 0) is 27.3 Å². The van der Waals surface area contributed by atoms with Gasteiger partial charge in [0.1, 0.15) is 0 Å². The third-order valence-corrected chi connectivity index (χ3v) is 3.35. The summed E-state index contributed by atoms with van der Waals surface area (Å²) in [6.45, 7) is 12.6. The van der Waals surface area contributed by atoms with Crippen molar-refractivity contribution in [3.63, 3.8) is 0 Å². The lowest BCUT2D eigenvalue weighted by molar-refractivity contribution is -0.0192. The first-order valence-electron chi connectivity index (χ1n) is 7.67. The number of morpholine rings is 1. The highest BCUT2D eigenvalue weighted by atomic mass is 16.5. The Morgan fingerprint density at radius 1 is 1.48 bits per heavy atom. The zero-order chi connectivity index (χ0) is 15.2. The first-order chi connectivity index (χ1) is 10.1. The second-order valence-corrected chi connectivity index (χ2v) is 5.60. The van der Waals surface area contributed by atoms with Crippen LogP contribution in [0, 0.1) is 6.92 Å². The molecule has 1 saturated heterocycles. The standard InChI is InChI=1S/C15H26N4O2/c1-5-19-6-7-20-13(10-19)9-16-15-17-12(4)8-14(18-15)21-11(2)3/h8,11,13H,5-7,9-10H2,1-4H3,(H,16,17,18). The van der Waals surface area contributed by atoms with Gasteiger partial charge in [-0.3, -0.25) is 4.90 Å². The molecule has 0 radical (unpaired) electrons. The molecule has 0 spiro atoms. The molecule has 0 aromatic carbocycles. The zero-order valence-corrected chi connectivity index (χ0v) is 13.4. The summed E-state index contributed by atoms with van der Waals surface area (Å²) < 4.78 is 11.4. The quantitative estimate of drug-likeness (QED) is 0.862. The summed E-state index contributed by atoms with van der Waals surface area (Å²) in [5.41, 5.74) is 0.892. The number of anilines is 1. The lowest BCUT2D eigenvalue weighted by Gasteiger charge is -2.32.